The number of nitrogens with zero attached hydrogens (tertiary/aromatic N) is 1. The Kier molecular flexibility index (Phi) is 5.07. The molecule has 0 aromatic heterocycles. The number of nitrogens with one attached hydrogen (secondary N) is 2. The molecule has 0 unspecified atom stereocenters. The first-order chi connectivity index (χ1) is 4.59. The van der Waals surface area contributed by atoms with E-state index in [9.17, 15) is 0 Å². The van der Waals surface area contributed by atoms with Crippen LogP contribution in [0, 0.1) is 0 Å². The standard InChI is InChI=1S/C6H17N3S/c1-5(8-7-3)9(4)6(2)10/h5-8,10H,1-4H3/t5-,6+/m0/s1. The van der Waals surface area contributed by atoms with Crippen molar-refractivity contribution in [2.45, 2.75) is 25.4 Å². The highest BCUT2D eigenvalue weighted by molar-refractivity contribution is 7.80. The van der Waals surface area contributed by atoms with Crippen molar-refractivity contribution in [1.82, 2.24) is 15.8 Å². The van der Waals surface area contributed by atoms with Crippen molar-refractivity contribution in [1.29, 1.82) is 0 Å². The summed E-state index contributed by atoms with van der Waals surface area (Å²) < 4.78 is 0. The molecule has 0 amide bonds. The maximum atomic E-state index is 4.28. The van der Waals surface area contributed by atoms with Crippen LogP contribution in [0.2, 0.25) is 0 Å². The summed E-state index contributed by atoms with van der Waals surface area (Å²) in [5, 5.41) is 0.274. The third-order valence-electron chi connectivity index (χ3n) is 1.55. The largest absolute Gasteiger partial charge is 0.279 e. The summed E-state index contributed by atoms with van der Waals surface area (Å²) in [7, 11) is 3.88. The quantitative estimate of drug-likeness (QED) is 0.315. The van der Waals surface area contributed by atoms with E-state index in [1.165, 1.54) is 0 Å². The van der Waals surface area contributed by atoms with Crippen molar-refractivity contribution in [3.8, 4) is 0 Å². The monoisotopic (exact) mass is 163 g/mol. The van der Waals surface area contributed by atoms with Gasteiger partial charge in [0.2, 0.25) is 0 Å². The van der Waals surface area contributed by atoms with E-state index in [0.29, 0.717) is 6.17 Å². The molecule has 0 saturated carbocycles. The Morgan fingerprint density at radius 1 is 1.40 bits per heavy atom. The fraction of sp³-hybridized carbons (Fsp3) is 1.00. The van der Waals surface area contributed by atoms with E-state index in [0.717, 1.165) is 0 Å². The van der Waals surface area contributed by atoms with Gasteiger partial charge in [0.1, 0.15) is 0 Å². The van der Waals surface area contributed by atoms with Crippen LogP contribution >= 0.6 is 12.6 Å². The van der Waals surface area contributed by atoms with Gasteiger partial charge in [-0.05, 0) is 27.9 Å². The van der Waals surface area contributed by atoms with E-state index in [1.807, 2.05) is 21.0 Å². The molecule has 0 aliphatic heterocycles. The van der Waals surface area contributed by atoms with E-state index in [2.05, 4.69) is 35.3 Å². The first-order valence-electron chi connectivity index (χ1n) is 3.42. The second-order valence-electron chi connectivity index (χ2n) is 2.37. The SMILES string of the molecule is CNN[C@H](C)N(C)[C@@H](C)S. The van der Waals surface area contributed by atoms with Gasteiger partial charge in [0, 0.05) is 0 Å². The van der Waals surface area contributed by atoms with Gasteiger partial charge < -0.3 is 0 Å². The zero-order valence-electron chi connectivity index (χ0n) is 7.05. The molecule has 0 saturated heterocycles. The number of thiol groups is 1. The maximum absolute atomic E-state index is 4.28. The van der Waals surface area contributed by atoms with Crippen LogP contribution in [0.5, 0.6) is 0 Å². The zero-order valence-corrected chi connectivity index (χ0v) is 7.94. The van der Waals surface area contributed by atoms with E-state index >= 15 is 0 Å². The Hall–Kier alpha value is 0.230. The molecular weight excluding hydrogens is 146 g/mol. The Balaban J connectivity index is 3.58. The van der Waals surface area contributed by atoms with Gasteiger partial charge in [0.15, 0.2) is 0 Å². The van der Waals surface area contributed by atoms with Crippen LogP contribution in [-0.2, 0) is 0 Å². The Bertz CT molecular complexity index is 87.1. The summed E-state index contributed by atoms with van der Waals surface area (Å²) in [6.07, 6.45) is 0.303. The topological polar surface area (TPSA) is 27.3 Å². The van der Waals surface area contributed by atoms with Gasteiger partial charge in [0.05, 0.1) is 11.5 Å². The summed E-state index contributed by atoms with van der Waals surface area (Å²) >= 11 is 4.28. The van der Waals surface area contributed by atoms with Crippen molar-refractivity contribution in [3.05, 3.63) is 0 Å². The average molecular weight is 163 g/mol. The molecule has 3 nitrogen and oxygen atoms in total. The molecule has 0 aromatic carbocycles. The normalized spacial score (nSPS) is 17.4. The van der Waals surface area contributed by atoms with Crippen molar-refractivity contribution in [3.63, 3.8) is 0 Å². The Morgan fingerprint density at radius 2 is 1.90 bits per heavy atom. The van der Waals surface area contributed by atoms with Crippen molar-refractivity contribution in [2.24, 2.45) is 0 Å². The molecule has 0 heterocycles. The summed E-state index contributed by atoms with van der Waals surface area (Å²) in [4.78, 5) is 2.11. The molecule has 0 aromatic rings. The lowest BCUT2D eigenvalue weighted by molar-refractivity contribution is 0.200. The van der Waals surface area contributed by atoms with E-state index in [1.54, 1.807) is 0 Å². The first kappa shape index (κ1) is 10.2. The highest BCUT2D eigenvalue weighted by atomic mass is 32.1. The minimum Gasteiger partial charge on any atom is -0.279 e. The lowest BCUT2D eigenvalue weighted by Gasteiger charge is -2.27. The smallest absolute Gasteiger partial charge is 0.0706 e. The van der Waals surface area contributed by atoms with Crippen LogP contribution in [-0.4, -0.2) is 30.5 Å². The summed E-state index contributed by atoms with van der Waals surface area (Å²) in [5.41, 5.74) is 5.93. The maximum Gasteiger partial charge on any atom is 0.0706 e. The third-order valence-corrected chi connectivity index (χ3v) is 1.92. The van der Waals surface area contributed by atoms with Gasteiger partial charge in [0.25, 0.3) is 0 Å². The van der Waals surface area contributed by atoms with Gasteiger partial charge in [-0.25, -0.2) is 5.43 Å². The molecule has 2 N–H and O–H groups in total. The number of rotatable bonds is 4. The van der Waals surface area contributed by atoms with E-state index in [-0.39, 0.29) is 5.37 Å². The minimum atomic E-state index is 0.274. The van der Waals surface area contributed by atoms with Crippen molar-refractivity contribution < 1.29 is 0 Å². The molecule has 62 valence electrons. The van der Waals surface area contributed by atoms with Crippen LogP contribution < -0.4 is 10.9 Å². The first-order valence-corrected chi connectivity index (χ1v) is 3.93. The number of hydrazine groups is 1. The third kappa shape index (κ3) is 3.41. The highest BCUT2D eigenvalue weighted by Gasteiger charge is 2.10. The van der Waals surface area contributed by atoms with Crippen molar-refractivity contribution in [2.75, 3.05) is 14.1 Å². The molecular formula is C6H17N3S. The van der Waals surface area contributed by atoms with E-state index in [4.69, 9.17) is 0 Å². The molecule has 10 heavy (non-hydrogen) atoms. The molecule has 0 spiro atoms. The van der Waals surface area contributed by atoms with Crippen LogP contribution in [0.15, 0.2) is 0 Å². The van der Waals surface area contributed by atoms with Crippen molar-refractivity contribution >= 4 is 12.6 Å². The summed E-state index contributed by atoms with van der Waals surface area (Å²) in [6.45, 7) is 4.11. The Labute approximate surface area is 68.5 Å². The van der Waals surface area contributed by atoms with Gasteiger partial charge >= 0.3 is 0 Å². The average Bonchev–Trinajstić information content (AvgIpc) is 1.87. The van der Waals surface area contributed by atoms with Gasteiger partial charge in [-0.1, -0.05) is 0 Å². The van der Waals surface area contributed by atoms with E-state index < -0.39 is 0 Å². The highest BCUT2D eigenvalue weighted by Crippen LogP contribution is 2.01. The van der Waals surface area contributed by atoms with Gasteiger partial charge in [-0.3, -0.25) is 10.3 Å². The van der Waals surface area contributed by atoms with Crippen LogP contribution in [0.4, 0.5) is 0 Å². The number of hydrogen-bond acceptors (Lipinski definition) is 4. The minimum absolute atomic E-state index is 0.274. The lowest BCUT2D eigenvalue weighted by Crippen LogP contribution is -2.48. The Morgan fingerprint density at radius 3 is 2.20 bits per heavy atom. The zero-order chi connectivity index (χ0) is 8.15. The van der Waals surface area contributed by atoms with Gasteiger partial charge in [-0.2, -0.15) is 12.6 Å². The predicted octanol–water partition coefficient (Wildman–Crippen LogP) is 0.264. The van der Waals surface area contributed by atoms with Crippen LogP contribution in [0.25, 0.3) is 0 Å². The van der Waals surface area contributed by atoms with Crippen LogP contribution in [0.1, 0.15) is 13.8 Å². The molecule has 2 atom stereocenters. The summed E-state index contributed by atoms with van der Waals surface area (Å²) in [5.74, 6) is 0. The lowest BCUT2D eigenvalue weighted by atomic mass is 10.5. The fourth-order valence-corrected chi connectivity index (χ4v) is 0.834. The molecule has 4 heteroatoms. The molecule has 0 bridgehead atoms. The molecule has 0 aliphatic rings. The molecule has 0 aliphatic carbocycles. The second-order valence-corrected chi connectivity index (χ2v) is 3.11. The summed E-state index contributed by atoms with van der Waals surface area (Å²) in [6, 6.07) is 0. The molecule has 0 fully saturated rings. The fourth-order valence-electron chi connectivity index (χ4n) is 0.634. The number of hydrogen-bond donors (Lipinski definition) is 3. The van der Waals surface area contributed by atoms with Gasteiger partial charge in [-0.15, -0.1) is 0 Å². The molecule has 0 radical (unpaired) electrons. The molecule has 0 rings (SSSR count). The predicted molar refractivity (Wildman–Crippen MR) is 47.9 cm³/mol. The second kappa shape index (κ2) is 4.96. The van der Waals surface area contributed by atoms with Crippen LogP contribution in [0.3, 0.4) is 0 Å².